The molecule has 0 saturated carbocycles. The van der Waals surface area contributed by atoms with Crippen molar-refractivity contribution >= 4 is 33.2 Å². The molecule has 158 valence electrons. The smallest absolute Gasteiger partial charge is 0.244 e. The number of hydrogen-bond donors (Lipinski definition) is 1. The molecule has 0 aliphatic heterocycles. The third-order valence-electron chi connectivity index (χ3n) is 5.07. The number of carbonyl (C=O) groups excluding carboxylic acids is 1. The molecule has 0 fully saturated rings. The number of amides is 1. The fraction of sp³-hybridized carbons (Fsp3) is 0.409. The molecule has 2 aromatic carbocycles. The van der Waals surface area contributed by atoms with Crippen LogP contribution in [-0.2, 0) is 14.8 Å². The molecule has 2 rings (SSSR count). The summed E-state index contributed by atoms with van der Waals surface area (Å²) >= 11 is 5.94. The van der Waals surface area contributed by atoms with Crippen molar-refractivity contribution in [1.82, 2.24) is 5.32 Å². The van der Waals surface area contributed by atoms with Crippen LogP contribution in [0.3, 0.4) is 0 Å². The monoisotopic (exact) mass is 436 g/mol. The van der Waals surface area contributed by atoms with Crippen LogP contribution >= 0.6 is 11.6 Å². The lowest BCUT2D eigenvalue weighted by atomic mass is 9.99. The average molecular weight is 437 g/mol. The van der Waals surface area contributed by atoms with Crippen LogP contribution in [0.4, 0.5) is 5.69 Å². The minimum Gasteiger partial charge on any atom is -0.347 e. The van der Waals surface area contributed by atoms with Gasteiger partial charge < -0.3 is 5.32 Å². The Morgan fingerprint density at radius 3 is 2.14 bits per heavy atom. The van der Waals surface area contributed by atoms with Gasteiger partial charge >= 0.3 is 0 Å². The number of sulfonamides is 1. The van der Waals surface area contributed by atoms with E-state index in [1.807, 2.05) is 32.9 Å². The molecule has 1 N–H and O–H groups in total. The van der Waals surface area contributed by atoms with Crippen LogP contribution in [0.1, 0.15) is 49.4 Å². The minimum absolute atomic E-state index is 0.192. The number of carbonyl (C=O) groups is 1. The van der Waals surface area contributed by atoms with Gasteiger partial charge in [0.05, 0.1) is 18.0 Å². The average Bonchev–Trinajstić information content (AvgIpc) is 2.66. The Hall–Kier alpha value is -2.05. The summed E-state index contributed by atoms with van der Waals surface area (Å²) < 4.78 is 26.3. The van der Waals surface area contributed by atoms with Crippen LogP contribution in [0.5, 0.6) is 0 Å². The number of halogens is 1. The van der Waals surface area contributed by atoms with Gasteiger partial charge in [0.15, 0.2) is 0 Å². The maximum atomic E-state index is 13.2. The van der Waals surface area contributed by atoms with Gasteiger partial charge in [-0.3, -0.25) is 9.10 Å². The van der Waals surface area contributed by atoms with Crippen molar-refractivity contribution in [2.45, 2.75) is 52.6 Å². The van der Waals surface area contributed by atoms with E-state index in [2.05, 4.69) is 11.4 Å². The molecule has 0 aliphatic rings. The van der Waals surface area contributed by atoms with Gasteiger partial charge in [0.1, 0.15) is 6.04 Å². The molecular formula is C22H29ClN2O3S. The second-order valence-electron chi connectivity index (χ2n) is 7.27. The Morgan fingerprint density at radius 2 is 1.66 bits per heavy atom. The zero-order valence-corrected chi connectivity index (χ0v) is 19.1. The van der Waals surface area contributed by atoms with E-state index in [4.69, 9.17) is 11.6 Å². The van der Waals surface area contributed by atoms with E-state index in [0.717, 1.165) is 17.4 Å². The summed E-state index contributed by atoms with van der Waals surface area (Å²) in [5, 5.41) is 3.54. The Bertz CT molecular complexity index is 959. The summed E-state index contributed by atoms with van der Waals surface area (Å²) in [7, 11) is -3.68. The van der Waals surface area contributed by atoms with Gasteiger partial charge in [-0.05, 0) is 67.6 Å². The van der Waals surface area contributed by atoms with Crippen molar-refractivity contribution < 1.29 is 13.2 Å². The number of nitrogens with zero attached hydrogens (tertiary/aromatic N) is 1. The molecule has 0 heterocycles. The van der Waals surface area contributed by atoms with E-state index in [9.17, 15) is 13.2 Å². The Morgan fingerprint density at radius 1 is 1.03 bits per heavy atom. The van der Waals surface area contributed by atoms with E-state index in [1.165, 1.54) is 9.87 Å². The molecule has 0 saturated heterocycles. The first-order valence-electron chi connectivity index (χ1n) is 9.71. The van der Waals surface area contributed by atoms with Gasteiger partial charge in [0.2, 0.25) is 15.9 Å². The van der Waals surface area contributed by atoms with Gasteiger partial charge in [0, 0.05) is 5.02 Å². The number of aryl methyl sites for hydroxylation is 2. The lowest BCUT2D eigenvalue weighted by Crippen LogP contribution is -2.50. The molecule has 29 heavy (non-hydrogen) atoms. The quantitative estimate of drug-likeness (QED) is 0.648. The van der Waals surface area contributed by atoms with Crippen molar-refractivity contribution in [3.63, 3.8) is 0 Å². The molecule has 7 heteroatoms. The highest BCUT2D eigenvalue weighted by molar-refractivity contribution is 7.92. The van der Waals surface area contributed by atoms with Gasteiger partial charge in [-0.1, -0.05) is 43.6 Å². The highest BCUT2D eigenvalue weighted by Crippen LogP contribution is 2.26. The standard InChI is InChI=1S/C22H29ClN2O3S/c1-6-20(17-9-8-15(3)16(4)14-17)24-22(26)21(7-2)25(29(5,27)28)19-12-10-18(23)11-13-19/h8-14,20-21H,6-7H2,1-5H3,(H,24,26)/t20-,21-/m0/s1. The lowest BCUT2D eigenvalue weighted by molar-refractivity contribution is -0.123. The maximum absolute atomic E-state index is 13.2. The second-order valence-corrected chi connectivity index (χ2v) is 9.57. The fourth-order valence-corrected chi connectivity index (χ4v) is 4.66. The molecule has 0 bridgehead atoms. The van der Waals surface area contributed by atoms with Gasteiger partial charge in [0.25, 0.3) is 0 Å². The number of nitrogens with one attached hydrogen (secondary N) is 1. The Kier molecular flexibility index (Phi) is 7.72. The van der Waals surface area contributed by atoms with Crippen molar-refractivity contribution in [1.29, 1.82) is 0 Å². The molecule has 2 atom stereocenters. The van der Waals surface area contributed by atoms with E-state index >= 15 is 0 Å². The zero-order chi connectivity index (χ0) is 21.8. The van der Waals surface area contributed by atoms with Gasteiger partial charge in [-0.2, -0.15) is 0 Å². The maximum Gasteiger partial charge on any atom is 0.244 e. The lowest BCUT2D eigenvalue weighted by Gasteiger charge is -2.31. The van der Waals surface area contributed by atoms with E-state index < -0.39 is 16.1 Å². The summed E-state index contributed by atoms with van der Waals surface area (Å²) in [5.74, 6) is -0.321. The van der Waals surface area contributed by atoms with E-state index in [-0.39, 0.29) is 11.9 Å². The third kappa shape index (κ3) is 5.73. The van der Waals surface area contributed by atoms with Crippen molar-refractivity contribution in [3.05, 3.63) is 64.2 Å². The summed E-state index contributed by atoms with van der Waals surface area (Å²) in [6.07, 6.45) is 2.15. The molecule has 0 spiro atoms. The Labute approximate surface area is 179 Å². The molecule has 2 aromatic rings. The highest BCUT2D eigenvalue weighted by atomic mass is 35.5. The van der Waals surface area contributed by atoms with Crippen LogP contribution in [0.25, 0.3) is 0 Å². The predicted octanol–water partition coefficient (Wildman–Crippen LogP) is 4.77. The molecule has 0 radical (unpaired) electrons. The molecule has 0 unspecified atom stereocenters. The van der Waals surface area contributed by atoms with Gasteiger partial charge in [-0.25, -0.2) is 8.42 Å². The van der Waals surface area contributed by atoms with Gasteiger partial charge in [-0.15, -0.1) is 0 Å². The topological polar surface area (TPSA) is 66.5 Å². The number of rotatable bonds is 8. The minimum atomic E-state index is -3.68. The summed E-state index contributed by atoms with van der Waals surface area (Å²) in [5.41, 5.74) is 3.77. The molecular weight excluding hydrogens is 408 g/mol. The molecule has 0 aliphatic carbocycles. The van der Waals surface area contributed by atoms with Crippen LogP contribution in [0.2, 0.25) is 5.02 Å². The highest BCUT2D eigenvalue weighted by Gasteiger charge is 2.32. The van der Waals surface area contributed by atoms with Crippen molar-refractivity contribution in [2.24, 2.45) is 0 Å². The molecule has 0 aromatic heterocycles. The number of anilines is 1. The number of hydrogen-bond acceptors (Lipinski definition) is 3. The number of benzene rings is 2. The predicted molar refractivity (Wildman–Crippen MR) is 120 cm³/mol. The van der Waals surface area contributed by atoms with Crippen LogP contribution in [0.15, 0.2) is 42.5 Å². The second kappa shape index (κ2) is 9.63. The molecule has 1 amide bonds. The van der Waals surface area contributed by atoms with Crippen LogP contribution in [0, 0.1) is 13.8 Å². The fourth-order valence-electron chi connectivity index (χ4n) is 3.32. The van der Waals surface area contributed by atoms with Crippen LogP contribution < -0.4 is 9.62 Å². The van der Waals surface area contributed by atoms with Crippen LogP contribution in [-0.4, -0.2) is 26.6 Å². The first-order chi connectivity index (χ1) is 13.6. The van der Waals surface area contributed by atoms with Crippen molar-refractivity contribution in [2.75, 3.05) is 10.6 Å². The SMILES string of the molecule is CC[C@H](NC(=O)[C@H](CC)N(c1ccc(Cl)cc1)S(C)(=O)=O)c1ccc(C)c(C)c1. The van der Waals surface area contributed by atoms with E-state index in [1.54, 1.807) is 31.2 Å². The van der Waals surface area contributed by atoms with Crippen molar-refractivity contribution in [3.8, 4) is 0 Å². The summed E-state index contributed by atoms with van der Waals surface area (Å²) in [4.78, 5) is 13.2. The zero-order valence-electron chi connectivity index (χ0n) is 17.6. The first-order valence-corrected chi connectivity index (χ1v) is 11.9. The molecule has 5 nitrogen and oxygen atoms in total. The normalized spacial score (nSPS) is 13.6. The summed E-state index contributed by atoms with van der Waals surface area (Å²) in [6, 6.07) is 11.5. The summed E-state index contributed by atoms with van der Waals surface area (Å²) in [6.45, 7) is 7.87. The Balaban J connectivity index is 2.34. The van der Waals surface area contributed by atoms with E-state index in [0.29, 0.717) is 23.6 Å². The first kappa shape index (κ1) is 23.2. The largest absolute Gasteiger partial charge is 0.347 e. The third-order valence-corrected chi connectivity index (χ3v) is 6.50.